The number of benzene rings is 1. The summed E-state index contributed by atoms with van der Waals surface area (Å²) in [6, 6.07) is 5.08. The van der Waals surface area contributed by atoms with Crippen molar-refractivity contribution in [2.75, 3.05) is 58.3 Å². The predicted molar refractivity (Wildman–Crippen MR) is 157 cm³/mol. The Bertz CT molecular complexity index is 1280. The molecule has 5 rings (SSSR count). The molecular formula is C28H36Cl2FN7O3. The molecule has 3 aliphatic rings. The molecular weight excluding hydrogens is 572 g/mol. The summed E-state index contributed by atoms with van der Waals surface area (Å²) in [7, 11) is 3.68. The highest BCUT2D eigenvalue weighted by Crippen LogP contribution is 2.37. The number of nitriles is 1. The number of nitrogens with zero attached hydrogens (tertiary/aromatic N) is 7. The molecule has 0 aliphatic carbocycles. The maximum Gasteiger partial charge on any atom is 0.318 e. The van der Waals surface area contributed by atoms with E-state index in [2.05, 4.69) is 33.4 Å². The molecule has 4 heterocycles. The Hall–Kier alpha value is -3.17. The van der Waals surface area contributed by atoms with Crippen LogP contribution in [0.2, 0.25) is 10.0 Å². The average molecular weight is 609 g/mol. The highest BCUT2D eigenvalue weighted by Gasteiger charge is 2.31. The highest BCUT2D eigenvalue weighted by molar-refractivity contribution is 6.36. The van der Waals surface area contributed by atoms with Crippen LogP contribution < -0.4 is 9.64 Å². The summed E-state index contributed by atoms with van der Waals surface area (Å²) < 4.78 is 18.5. The number of amides is 1. The van der Waals surface area contributed by atoms with Crippen molar-refractivity contribution in [2.24, 2.45) is 0 Å². The third kappa shape index (κ3) is 8.42. The topological polar surface area (TPSA) is 109 Å². The molecule has 3 aliphatic heterocycles. The zero-order chi connectivity index (χ0) is 30.1. The third-order valence-corrected chi connectivity index (χ3v) is 7.74. The fourth-order valence-corrected chi connectivity index (χ4v) is 5.36. The van der Waals surface area contributed by atoms with Crippen molar-refractivity contribution >= 4 is 34.9 Å². The maximum atomic E-state index is 13.2. The van der Waals surface area contributed by atoms with E-state index in [4.69, 9.17) is 33.2 Å². The SMILES string of the molecule is C=C(F)C(=O)N1CCN(c2nc(OC)nc3c2CN(Cc2c(Cl)ccc(O)c2Cl)C3)CC1.CC#N.CN1CCCC1. The minimum absolute atomic E-state index is 0.0201. The second-order valence-electron chi connectivity index (χ2n) is 9.88. The monoisotopic (exact) mass is 607 g/mol. The van der Waals surface area contributed by atoms with Crippen LogP contribution in [0.4, 0.5) is 10.2 Å². The number of carbonyl (C=O) groups is 1. The van der Waals surface area contributed by atoms with Gasteiger partial charge in [0, 0.05) is 68.9 Å². The van der Waals surface area contributed by atoms with Crippen LogP contribution in [0.5, 0.6) is 11.8 Å². The quantitative estimate of drug-likeness (QED) is 0.495. The molecule has 2 aromatic rings. The largest absolute Gasteiger partial charge is 0.506 e. The smallest absolute Gasteiger partial charge is 0.318 e. The Morgan fingerprint density at radius 2 is 1.78 bits per heavy atom. The first-order chi connectivity index (χ1) is 19.6. The van der Waals surface area contributed by atoms with Crippen molar-refractivity contribution in [1.82, 2.24) is 24.7 Å². The minimum Gasteiger partial charge on any atom is -0.506 e. The van der Waals surface area contributed by atoms with Crippen LogP contribution in [-0.2, 0) is 24.4 Å². The van der Waals surface area contributed by atoms with Crippen LogP contribution in [0, 0.1) is 11.3 Å². The summed E-state index contributed by atoms with van der Waals surface area (Å²) in [5.74, 6) is -0.925. The van der Waals surface area contributed by atoms with Gasteiger partial charge in [-0.25, -0.2) is 4.39 Å². The van der Waals surface area contributed by atoms with Crippen LogP contribution in [0.3, 0.4) is 0 Å². The summed E-state index contributed by atoms with van der Waals surface area (Å²) >= 11 is 12.6. The first-order valence-corrected chi connectivity index (χ1v) is 14.0. The van der Waals surface area contributed by atoms with E-state index in [1.54, 1.807) is 12.1 Å². The number of hydrogen-bond donors (Lipinski definition) is 1. The van der Waals surface area contributed by atoms with E-state index < -0.39 is 11.7 Å². The molecule has 41 heavy (non-hydrogen) atoms. The molecule has 1 aromatic carbocycles. The van der Waals surface area contributed by atoms with E-state index in [9.17, 15) is 14.3 Å². The van der Waals surface area contributed by atoms with Gasteiger partial charge in [0.05, 0.1) is 23.9 Å². The molecule has 0 radical (unpaired) electrons. The van der Waals surface area contributed by atoms with Gasteiger partial charge < -0.3 is 24.5 Å². The molecule has 222 valence electrons. The first kappa shape index (κ1) is 32.3. The van der Waals surface area contributed by atoms with Gasteiger partial charge in [0.1, 0.15) is 11.6 Å². The maximum absolute atomic E-state index is 13.2. The molecule has 1 N–H and O–H groups in total. The van der Waals surface area contributed by atoms with E-state index in [-0.39, 0.29) is 16.8 Å². The molecule has 1 amide bonds. The molecule has 10 nitrogen and oxygen atoms in total. The van der Waals surface area contributed by atoms with Crippen molar-refractivity contribution in [3.05, 3.63) is 51.4 Å². The first-order valence-electron chi connectivity index (χ1n) is 13.3. The highest BCUT2D eigenvalue weighted by atomic mass is 35.5. The summed E-state index contributed by atoms with van der Waals surface area (Å²) in [6.07, 6.45) is 2.83. The molecule has 13 heteroatoms. The number of likely N-dealkylation sites (tertiary alicyclic amines) is 1. The number of phenolic OH excluding ortho intramolecular Hbond substituents is 1. The number of halogens is 3. The Morgan fingerprint density at radius 3 is 2.32 bits per heavy atom. The molecule has 0 unspecified atom stereocenters. The summed E-state index contributed by atoms with van der Waals surface area (Å²) in [5, 5.41) is 18.0. The summed E-state index contributed by atoms with van der Waals surface area (Å²) in [4.78, 5) is 28.9. The van der Waals surface area contributed by atoms with Crippen LogP contribution in [-0.4, -0.2) is 89.1 Å². The fraction of sp³-hybridized carbons (Fsp3) is 0.500. The standard InChI is InChI=1S/C21H22Cl2FN5O3.C5H11N.C2H3N/c1-12(24)20(31)29-7-5-28(6-8-29)19-14-10-27(11-16(14)25-21(26-19)32-2)9-13-15(22)3-4-17(30)18(13)23;1-6-4-2-3-5-6;1-2-3/h3-4,30H,1,5-11H2,2H3;2-5H2,1H3;1H3. The van der Waals surface area contributed by atoms with Gasteiger partial charge >= 0.3 is 6.01 Å². The number of anilines is 1. The van der Waals surface area contributed by atoms with E-state index in [0.29, 0.717) is 56.4 Å². The van der Waals surface area contributed by atoms with E-state index in [0.717, 1.165) is 17.1 Å². The van der Waals surface area contributed by atoms with Crippen molar-refractivity contribution in [1.29, 1.82) is 5.26 Å². The number of carbonyl (C=O) groups excluding carboxylic acids is 1. The van der Waals surface area contributed by atoms with Gasteiger partial charge in [-0.15, -0.1) is 0 Å². The van der Waals surface area contributed by atoms with Gasteiger partial charge in [-0.05, 0) is 45.1 Å². The Labute approximate surface area is 250 Å². The summed E-state index contributed by atoms with van der Waals surface area (Å²) in [6.45, 7) is 10.4. The molecule has 2 fully saturated rings. The predicted octanol–water partition coefficient (Wildman–Crippen LogP) is 4.39. The van der Waals surface area contributed by atoms with Crippen molar-refractivity contribution in [2.45, 2.75) is 39.4 Å². The van der Waals surface area contributed by atoms with Gasteiger partial charge in [-0.2, -0.15) is 15.2 Å². The van der Waals surface area contributed by atoms with Gasteiger partial charge in [0.25, 0.3) is 5.91 Å². The number of fused-ring (bicyclic) bond motifs is 1. The second kappa shape index (κ2) is 15.2. The molecule has 0 spiro atoms. The number of aromatic nitrogens is 2. The van der Waals surface area contributed by atoms with Crippen LogP contribution in [0.15, 0.2) is 24.5 Å². The van der Waals surface area contributed by atoms with E-state index >= 15 is 0 Å². The van der Waals surface area contributed by atoms with Crippen LogP contribution in [0.1, 0.15) is 36.6 Å². The zero-order valence-corrected chi connectivity index (χ0v) is 25.2. The van der Waals surface area contributed by atoms with Crippen LogP contribution >= 0.6 is 23.2 Å². The zero-order valence-electron chi connectivity index (χ0n) is 23.7. The van der Waals surface area contributed by atoms with E-state index in [1.165, 1.54) is 50.9 Å². The van der Waals surface area contributed by atoms with Gasteiger partial charge in [0.15, 0.2) is 5.83 Å². The number of rotatable bonds is 5. The number of methoxy groups -OCH3 is 1. The molecule has 1 aromatic heterocycles. The summed E-state index contributed by atoms with van der Waals surface area (Å²) in [5.41, 5.74) is 2.42. The van der Waals surface area contributed by atoms with E-state index in [1.807, 2.05) is 4.90 Å². The van der Waals surface area contributed by atoms with Gasteiger partial charge in [-0.3, -0.25) is 9.69 Å². The second-order valence-corrected chi connectivity index (χ2v) is 10.7. The fourth-order valence-electron chi connectivity index (χ4n) is 4.87. The molecule has 2 saturated heterocycles. The third-order valence-electron chi connectivity index (χ3n) is 6.96. The van der Waals surface area contributed by atoms with Crippen molar-refractivity contribution in [3.63, 3.8) is 0 Å². The Morgan fingerprint density at radius 1 is 1.15 bits per heavy atom. The number of piperazine rings is 1. The molecule has 0 atom stereocenters. The minimum atomic E-state index is -0.956. The number of phenols is 1. The lowest BCUT2D eigenvalue weighted by molar-refractivity contribution is -0.128. The lowest BCUT2D eigenvalue weighted by Crippen LogP contribution is -2.49. The molecule has 0 saturated carbocycles. The van der Waals surface area contributed by atoms with Crippen molar-refractivity contribution in [3.8, 4) is 17.8 Å². The van der Waals surface area contributed by atoms with Crippen LogP contribution in [0.25, 0.3) is 0 Å². The number of hydrogen-bond acceptors (Lipinski definition) is 9. The number of ether oxygens (including phenoxy) is 1. The average Bonchev–Trinajstić information content (AvgIpc) is 3.61. The Balaban J connectivity index is 0.000000442. The van der Waals surface area contributed by atoms with Crippen molar-refractivity contribution < 1.29 is 19.0 Å². The van der Waals surface area contributed by atoms with Gasteiger partial charge in [-0.1, -0.05) is 29.8 Å². The Kier molecular flexibility index (Phi) is 12.0. The number of aromatic hydroxyl groups is 1. The lowest BCUT2D eigenvalue weighted by Gasteiger charge is -2.35. The molecule has 0 bridgehead atoms. The normalized spacial score (nSPS) is 16.6. The van der Waals surface area contributed by atoms with Gasteiger partial charge in [0.2, 0.25) is 0 Å². The lowest BCUT2D eigenvalue weighted by atomic mass is 10.2.